The van der Waals surface area contributed by atoms with Gasteiger partial charge in [0.05, 0.1) is 12.0 Å². The summed E-state index contributed by atoms with van der Waals surface area (Å²) in [6.07, 6.45) is 1.22. The van der Waals surface area contributed by atoms with E-state index in [1.807, 2.05) is 14.1 Å². The van der Waals surface area contributed by atoms with Gasteiger partial charge in [0.2, 0.25) is 5.43 Å². The minimum absolute atomic E-state index is 0.168. The molecular formula is C13H15N3O4. The molecule has 106 valence electrons. The molecule has 2 rings (SSSR count). The van der Waals surface area contributed by atoms with Gasteiger partial charge in [0.1, 0.15) is 17.0 Å². The molecule has 7 heteroatoms. The molecule has 0 bridgehead atoms. The van der Waals surface area contributed by atoms with Crippen LogP contribution in [-0.2, 0) is 6.54 Å². The van der Waals surface area contributed by atoms with E-state index < -0.39 is 11.4 Å². The molecule has 7 nitrogen and oxygen atoms in total. The zero-order valence-corrected chi connectivity index (χ0v) is 11.2. The van der Waals surface area contributed by atoms with Gasteiger partial charge in [0, 0.05) is 26.8 Å². The molecule has 0 aliphatic rings. The van der Waals surface area contributed by atoms with Crippen LogP contribution in [-0.4, -0.2) is 46.4 Å². The molecule has 0 aliphatic heterocycles. The van der Waals surface area contributed by atoms with Crippen molar-refractivity contribution in [1.29, 1.82) is 0 Å². The van der Waals surface area contributed by atoms with Crippen molar-refractivity contribution in [3.63, 3.8) is 0 Å². The molecule has 2 heterocycles. The number of aromatic carboxylic acids is 1. The molecule has 0 atom stereocenters. The van der Waals surface area contributed by atoms with Crippen molar-refractivity contribution in [2.45, 2.75) is 6.54 Å². The van der Waals surface area contributed by atoms with Gasteiger partial charge in [-0.25, -0.2) is 9.78 Å². The number of hydrogen-bond donors (Lipinski definition) is 2. The lowest BCUT2D eigenvalue weighted by Gasteiger charge is -2.15. The van der Waals surface area contributed by atoms with Crippen molar-refractivity contribution in [1.82, 2.24) is 9.55 Å². The van der Waals surface area contributed by atoms with E-state index in [4.69, 9.17) is 10.2 Å². The SMILES string of the molecule is CN(C)c1ccc2c(=O)c(C(=O)O)cn(CCO)c2n1. The summed E-state index contributed by atoms with van der Waals surface area (Å²) in [5.41, 5.74) is -0.537. The van der Waals surface area contributed by atoms with E-state index in [0.29, 0.717) is 11.5 Å². The molecule has 0 saturated heterocycles. The summed E-state index contributed by atoms with van der Waals surface area (Å²) in [5.74, 6) is -0.646. The van der Waals surface area contributed by atoms with E-state index in [0.717, 1.165) is 0 Å². The van der Waals surface area contributed by atoms with Gasteiger partial charge >= 0.3 is 5.97 Å². The Labute approximate surface area is 114 Å². The first kappa shape index (κ1) is 14.0. The van der Waals surface area contributed by atoms with Gasteiger partial charge in [0.15, 0.2) is 0 Å². The third-order valence-electron chi connectivity index (χ3n) is 2.94. The van der Waals surface area contributed by atoms with E-state index in [1.165, 1.54) is 10.8 Å². The first-order valence-corrected chi connectivity index (χ1v) is 6.01. The molecule has 2 aromatic heterocycles. The molecule has 0 aliphatic carbocycles. The van der Waals surface area contributed by atoms with E-state index >= 15 is 0 Å². The minimum Gasteiger partial charge on any atom is -0.477 e. The number of carboxylic acids is 1. The maximum Gasteiger partial charge on any atom is 0.341 e. The van der Waals surface area contributed by atoms with Crippen molar-refractivity contribution in [3.05, 3.63) is 34.1 Å². The molecule has 0 aromatic carbocycles. The number of rotatable bonds is 4. The lowest BCUT2D eigenvalue weighted by atomic mass is 10.2. The predicted octanol–water partition coefficient (Wildman–Crippen LogP) is 0.153. The van der Waals surface area contributed by atoms with Gasteiger partial charge in [-0.2, -0.15) is 0 Å². The lowest BCUT2D eigenvalue weighted by Crippen LogP contribution is -2.21. The first-order chi connectivity index (χ1) is 9.45. The van der Waals surface area contributed by atoms with E-state index in [-0.39, 0.29) is 24.1 Å². The van der Waals surface area contributed by atoms with Crippen LogP contribution >= 0.6 is 0 Å². The summed E-state index contributed by atoms with van der Waals surface area (Å²) < 4.78 is 1.48. The van der Waals surface area contributed by atoms with E-state index in [9.17, 15) is 9.59 Å². The molecule has 0 radical (unpaired) electrons. The number of anilines is 1. The van der Waals surface area contributed by atoms with Gasteiger partial charge in [0.25, 0.3) is 0 Å². The van der Waals surface area contributed by atoms with Crippen LogP contribution in [0, 0.1) is 0 Å². The smallest absolute Gasteiger partial charge is 0.341 e. The fourth-order valence-corrected chi connectivity index (χ4v) is 1.93. The molecule has 20 heavy (non-hydrogen) atoms. The maximum absolute atomic E-state index is 12.1. The highest BCUT2D eigenvalue weighted by molar-refractivity contribution is 5.92. The number of pyridine rings is 2. The van der Waals surface area contributed by atoms with Crippen LogP contribution in [0.3, 0.4) is 0 Å². The quantitative estimate of drug-likeness (QED) is 0.826. The van der Waals surface area contributed by atoms with Crippen LogP contribution in [0.5, 0.6) is 0 Å². The Morgan fingerprint density at radius 1 is 1.40 bits per heavy atom. The fraction of sp³-hybridized carbons (Fsp3) is 0.308. The average Bonchev–Trinajstić information content (AvgIpc) is 2.41. The zero-order chi connectivity index (χ0) is 14.9. The third-order valence-corrected chi connectivity index (χ3v) is 2.94. The first-order valence-electron chi connectivity index (χ1n) is 6.01. The monoisotopic (exact) mass is 277 g/mol. The Hall–Kier alpha value is -2.41. The van der Waals surface area contributed by atoms with Crippen molar-refractivity contribution in [2.24, 2.45) is 0 Å². The van der Waals surface area contributed by atoms with Gasteiger partial charge in [-0.15, -0.1) is 0 Å². The van der Waals surface area contributed by atoms with Crippen molar-refractivity contribution >= 4 is 22.8 Å². The Bertz CT molecular complexity index is 721. The fourth-order valence-electron chi connectivity index (χ4n) is 1.93. The number of hydrogen-bond acceptors (Lipinski definition) is 5. The molecule has 0 amide bonds. The molecule has 2 N–H and O–H groups in total. The number of fused-ring (bicyclic) bond motifs is 1. The highest BCUT2D eigenvalue weighted by Crippen LogP contribution is 2.15. The zero-order valence-electron chi connectivity index (χ0n) is 11.2. The molecular weight excluding hydrogens is 262 g/mol. The number of carbonyl (C=O) groups is 1. The maximum atomic E-state index is 12.1. The Morgan fingerprint density at radius 3 is 2.65 bits per heavy atom. The molecule has 2 aromatic rings. The standard InChI is InChI=1S/C13H15N3O4/c1-15(2)10-4-3-8-11(18)9(13(19)20)7-16(5-6-17)12(8)14-10/h3-4,7,17H,5-6H2,1-2H3,(H,19,20). The highest BCUT2D eigenvalue weighted by Gasteiger charge is 2.15. The van der Waals surface area contributed by atoms with Gasteiger partial charge in [-0.05, 0) is 12.1 Å². The van der Waals surface area contributed by atoms with Crippen molar-refractivity contribution < 1.29 is 15.0 Å². The van der Waals surface area contributed by atoms with Gasteiger partial charge < -0.3 is 19.7 Å². The van der Waals surface area contributed by atoms with E-state index in [2.05, 4.69) is 4.98 Å². The van der Waals surface area contributed by atoms with Crippen LogP contribution in [0.25, 0.3) is 11.0 Å². The number of nitrogens with zero attached hydrogens (tertiary/aromatic N) is 3. The van der Waals surface area contributed by atoms with Crippen LogP contribution in [0.1, 0.15) is 10.4 Å². The molecule has 0 unspecified atom stereocenters. The summed E-state index contributed by atoms with van der Waals surface area (Å²) in [5, 5.41) is 18.4. The number of aliphatic hydroxyl groups excluding tert-OH is 1. The van der Waals surface area contributed by atoms with E-state index in [1.54, 1.807) is 17.0 Å². The van der Waals surface area contributed by atoms with Crippen LogP contribution in [0.4, 0.5) is 5.82 Å². The summed E-state index contributed by atoms with van der Waals surface area (Å²) >= 11 is 0. The predicted molar refractivity (Wildman–Crippen MR) is 74.4 cm³/mol. The number of aliphatic hydroxyl groups is 1. The highest BCUT2D eigenvalue weighted by atomic mass is 16.4. The normalized spacial score (nSPS) is 10.8. The number of carboxylic acid groups (broad SMARTS) is 1. The second-order valence-corrected chi connectivity index (χ2v) is 4.53. The third kappa shape index (κ3) is 2.35. The topological polar surface area (TPSA) is 95.7 Å². The Morgan fingerprint density at radius 2 is 2.10 bits per heavy atom. The summed E-state index contributed by atoms with van der Waals surface area (Å²) in [6, 6.07) is 3.21. The van der Waals surface area contributed by atoms with Crippen LogP contribution in [0.2, 0.25) is 0 Å². The van der Waals surface area contributed by atoms with Crippen LogP contribution in [0.15, 0.2) is 23.1 Å². The number of aromatic nitrogens is 2. The summed E-state index contributed by atoms with van der Waals surface area (Å²) in [7, 11) is 3.63. The second-order valence-electron chi connectivity index (χ2n) is 4.53. The minimum atomic E-state index is -1.29. The largest absolute Gasteiger partial charge is 0.477 e. The Kier molecular flexibility index (Phi) is 3.71. The average molecular weight is 277 g/mol. The molecule has 0 spiro atoms. The second kappa shape index (κ2) is 5.30. The molecule has 0 fully saturated rings. The molecule has 0 saturated carbocycles. The summed E-state index contributed by atoms with van der Waals surface area (Å²) in [4.78, 5) is 29.3. The van der Waals surface area contributed by atoms with Crippen LogP contribution < -0.4 is 10.3 Å². The van der Waals surface area contributed by atoms with Crippen molar-refractivity contribution in [3.8, 4) is 0 Å². The van der Waals surface area contributed by atoms with Gasteiger partial charge in [-0.3, -0.25) is 4.79 Å². The van der Waals surface area contributed by atoms with Gasteiger partial charge in [-0.1, -0.05) is 0 Å². The lowest BCUT2D eigenvalue weighted by molar-refractivity contribution is 0.0694. The Balaban J connectivity index is 2.82. The summed E-state index contributed by atoms with van der Waals surface area (Å²) in [6.45, 7) is -0.00809. The van der Waals surface area contributed by atoms with Crippen molar-refractivity contribution in [2.75, 3.05) is 25.6 Å².